The van der Waals surface area contributed by atoms with Crippen molar-refractivity contribution in [1.29, 1.82) is 0 Å². The summed E-state index contributed by atoms with van der Waals surface area (Å²) in [6.45, 7) is 10.6. The molecule has 2 rings (SSSR count). The lowest BCUT2D eigenvalue weighted by Gasteiger charge is -2.23. The molecule has 0 bridgehead atoms. The van der Waals surface area contributed by atoms with Crippen molar-refractivity contribution in [3.8, 4) is 5.69 Å². The third-order valence-corrected chi connectivity index (χ3v) is 5.11. The van der Waals surface area contributed by atoms with Crippen LogP contribution in [0.4, 0.5) is 14.6 Å². The molecule has 26 heavy (non-hydrogen) atoms. The highest BCUT2D eigenvalue weighted by Crippen LogP contribution is 2.35. The summed E-state index contributed by atoms with van der Waals surface area (Å²) in [7, 11) is 1.57. The van der Waals surface area contributed by atoms with E-state index in [2.05, 4.69) is 31.7 Å². The molecule has 144 valence electrons. The van der Waals surface area contributed by atoms with Crippen LogP contribution in [0.15, 0.2) is 30.3 Å². The topological polar surface area (TPSA) is 21.1 Å². The average Bonchev–Trinajstić information content (AvgIpc) is 2.99. The maximum atomic E-state index is 13.4. The molecule has 1 aromatic carbocycles. The van der Waals surface area contributed by atoms with Crippen molar-refractivity contribution in [2.24, 2.45) is 5.92 Å². The van der Waals surface area contributed by atoms with E-state index in [1.165, 1.54) is 18.6 Å². The molecule has 6 heteroatoms. The first-order valence-corrected chi connectivity index (χ1v) is 9.93. The van der Waals surface area contributed by atoms with Gasteiger partial charge in [-0.25, -0.2) is 4.68 Å². The minimum absolute atomic E-state index is 0.0163. The third-order valence-electron chi connectivity index (χ3n) is 4.78. The summed E-state index contributed by atoms with van der Waals surface area (Å²) in [4.78, 5) is 2.32. The Balaban J connectivity index is 2.23. The maximum Gasteiger partial charge on any atom is 0.283 e. The lowest BCUT2D eigenvalue weighted by atomic mass is 10.1. The zero-order valence-electron chi connectivity index (χ0n) is 16.2. The van der Waals surface area contributed by atoms with Gasteiger partial charge in [0.15, 0.2) is 5.82 Å². The van der Waals surface area contributed by atoms with Gasteiger partial charge in [0.05, 0.1) is 5.69 Å². The third kappa shape index (κ3) is 5.26. The second kappa shape index (κ2) is 8.94. The van der Waals surface area contributed by atoms with Crippen LogP contribution in [0.2, 0.25) is 0 Å². The van der Waals surface area contributed by atoms with Gasteiger partial charge in [-0.1, -0.05) is 48.6 Å². The Hall–Kier alpha value is -1.48. The van der Waals surface area contributed by atoms with Gasteiger partial charge in [-0.2, -0.15) is 13.9 Å². The molecule has 3 nitrogen and oxygen atoms in total. The van der Waals surface area contributed by atoms with E-state index in [9.17, 15) is 8.78 Å². The first-order chi connectivity index (χ1) is 12.3. The molecular weight excluding hydrogens is 351 g/mol. The minimum Gasteiger partial charge on any atom is -0.355 e. The Morgan fingerprint density at radius 1 is 1.19 bits per heavy atom. The summed E-state index contributed by atoms with van der Waals surface area (Å²) in [6.07, 6.45) is 3.38. The fourth-order valence-corrected chi connectivity index (χ4v) is 3.08. The highest BCUT2D eigenvalue weighted by Gasteiger charge is 2.24. The van der Waals surface area contributed by atoms with E-state index in [-0.39, 0.29) is 5.56 Å². The van der Waals surface area contributed by atoms with E-state index in [0.29, 0.717) is 5.92 Å². The minimum atomic E-state index is -2.91. The van der Waals surface area contributed by atoms with Crippen molar-refractivity contribution in [2.45, 2.75) is 52.6 Å². The number of halogens is 2. The zero-order valence-corrected chi connectivity index (χ0v) is 17.3. The molecule has 2 atom stereocenters. The number of hydrogen-bond donors (Lipinski definition) is 0. The fraction of sp³-hybridized carbons (Fsp3) is 0.550. The molecule has 1 heterocycles. The second-order valence-electron chi connectivity index (χ2n) is 7.01. The average molecular weight is 381 g/mol. The van der Waals surface area contributed by atoms with Crippen LogP contribution in [0.5, 0.6) is 0 Å². The smallest absolute Gasteiger partial charge is 0.283 e. The number of anilines is 1. The van der Waals surface area contributed by atoms with Gasteiger partial charge >= 0.3 is 0 Å². The number of aryl methyl sites for hydroxylation is 1. The van der Waals surface area contributed by atoms with Gasteiger partial charge in [0.2, 0.25) is 0 Å². The van der Waals surface area contributed by atoms with E-state index in [4.69, 9.17) is 5.10 Å². The van der Waals surface area contributed by atoms with Gasteiger partial charge in [-0.3, -0.25) is 0 Å². The molecule has 0 aliphatic carbocycles. The van der Waals surface area contributed by atoms with Crippen LogP contribution in [0, 0.1) is 12.8 Å². The standard InChI is InChI=1S/C20H30F2N3P/c1-5-12-24(13-11-15(3)6-2)19-14-16(4)25(23-19)18-9-7-17(8-10-18)20(21,22)26/h7-10,14-15H,5-6,11-13,26H2,1-4H3. The zero-order chi connectivity index (χ0) is 19.3. The molecule has 0 saturated carbocycles. The van der Waals surface area contributed by atoms with Gasteiger partial charge in [0.25, 0.3) is 5.66 Å². The van der Waals surface area contributed by atoms with Crippen molar-refractivity contribution in [3.63, 3.8) is 0 Å². The van der Waals surface area contributed by atoms with Gasteiger partial charge < -0.3 is 4.90 Å². The van der Waals surface area contributed by atoms with Crippen LogP contribution >= 0.6 is 9.24 Å². The largest absolute Gasteiger partial charge is 0.355 e. The van der Waals surface area contributed by atoms with Crippen molar-refractivity contribution in [2.75, 3.05) is 18.0 Å². The Labute approximate surface area is 158 Å². The summed E-state index contributed by atoms with van der Waals surface area (Å²) in [5.41, 5.74) is -1.13. The Kier molecular flexibility index (Phi) is 7.16. The maximum absolute atomic E-state index is 13.4. The Morgan fingerprint density at radius 2 is 1.85 bits per heavy atom. The molecule has 0 N–H and O–H groups in total. The predicted octanol–water partition coefficient (Wildman–Crippen LogP) is 5.76. The van der Waals surface area contributed by atoms with Crippen molar-refractivity contribution < 1.29 is 8.78 Å². The van der Waals surface area contributed by atoms with Crippen molar-refractivity contribution in [3.05, 3.63) is 41.6 Å². The molecule has 0 radical (unpaired) electrons. The van der Waals surface area contributed by atoms with E-state index in [1.54, 1.807) is 21.4 Å². The Morgan fingerprint density at radius 3 is 2.38 bits per heavy atom. The van der Waals surface area contributed by atoms with Crippen LogP contribution in [0.1, 0.15) is 51.3 Å². The molecule has 0 amide bonds. The van der Waals surface area contributed by atoms with E-state index in [1.807, 2.05) is 11.6 Å². The summed E-state index contributed by atoms with van der Waals surface area (Å²) < 4.78 is 28.6. The van der Waals surface area contributed by atoms with Gasteiger partial charge in [0.1, 0.15) is 0 Å². The molecule has 0 aliphatic rings. The lowest BCUT2D eigenvalue weighted by Crippen LogP contribution is -2.27. The van der Waals surface area contributed by atoms with Crippen LogP contribution in [0.25, 0.3) is 5.69 Å². The van der Waals surface area contributed by atoms with Crippen molar-refractivity contribution >= 4 is 15.1 Å². The van der Waals surface area contributed by atoms with Crippen LogP contribution in [0.3, 0.4) is 0 Å². The first kappa shape index (κ1) is 20.8. The number of hydrogen-bond acceptors (Lipinski definition) is 2. The first-order valence-electron chi connectivity index (χ1n) is 9.35. The monoisotopic (exact) mass is 381 g/mol. The van der Waals surface area contributed by atoms with Gasteiger partial charge in [-0.05, 0) is 37.8 Å². The van der Waals surface area contributed by atoms with Crippen molar-refractivity contribution in [1.82, 2.24) is 9.78 Å². The summed E-state index contributed by atoms with van der Waals surface area (Å²) in [6, 6.07) is 8.37. The molecule has 0 saturated heterocycles. The van der Waals surface area contributed by atoms with E-state index < -0.39 is 5.66 Å². The quantitative estimate of drug-likeness (QED) is 0.515. The molecule has 0 fully saturated rings. The molecule has 1 aromatic heterocycles. The van der Waals surface area contributed by atoms with Gasteiger partial charge in [-0.15, -0.1) is 0 Å². The van der Waals surface area contributed by atoms with E-state index >= 15 is 0 Å². The SMILES string of the molecule is CCCN(CCC(C)CC)c1cc(C)n(-c2ccc(C(F)(F)P)cc2)n1. The number of alkyl halides is 2. The predicted molar refractivity (Wildman–Crippen MR) is 108 cm³/mol. The van der Waals surface area contributed by atoms with Crippen LogP contribution in [-0.2, 0) is 5.66 Å². The number of rotatable bonds is 9. The molecule has 2 aromatic rings. The highest BCUT2D eigenvalue weighted by atomic mass is 31.0. The summed E-state index contributed by atoms with van der Waals surface area (Å²) in [5.74, 6) is 1.65. The molecule has 2 unspecified atom stereocenters. The summed E-state index contributed by atoms with van der Waals surface area (Å²) in [5, 5.41) is 4.74. The Bertz CT molecular complexity index is 692. The lowest BCUT2D eigenvalue weighted by molar-refractivity contribution is 0.104. The molecule has 0 spiro atoms. The normalized spacial score (nSPS) is 13.0. The molecule has 0 aliphatic heterocycles. The van der Waals surface area contributed by atoms with Gasteiger partial charge in [0, 0.05) is 30.4 Å². The fourth-order valence-electron chi connectivity index (χ4n) is 2.89. The number of benzene rings is 1. The summed E-state index contributed by atoms with van der Waals surface area (Å²) >= 11 is 0. The number of aromatic nitrogens is 2. The van der Waals surface area contributed by atoms with E-state index in [0.717, 1.165) is 43.1 Å². The highest BCUT2D eigenvalue weighted by molar-refractivity contribution is 7.17. The van der Waals surface area contributed by atoms with Crippen LogP contribution < -0.4 is 4.90 Å². The van der Waals surface area contributed by atoms with Crippen LogP contribution in [-0.4, -0.2) is 22.9 Å². The number of nitrogens with zero attached hydrogens (tertiary/aromatic N) is 3. The second-order valence-corrected chi connectivity index (χ2v) is 7.74. The molecular formula is C20H30F2N3P.